The predicted octanol–water partition coefficient (Wildman–Crippen LogP) is 4.56. The average molecular weight is 310 g/mol. The van der Waals surface area contributed by atoms with Gasteiger partial charge in [-0.3, -0.25) is 10.1 Å². The number of nitro benzene ring substituents is 1. The monoisotopic (exact) mass is 310 g/mol. The number of allylic oxidation sites excluding steroid dienone is 2. The number of halogens is 1. The number of rotatable bonds is 2. The van der Waals surface area contributed by atoms with Gasteiger partial charge in [0.05, 0.1) is 16.7 Å². The molecule has 0 fully saturated rings. The Morgan fingerprint density at radius 3 is 2.87 bits per heavy atom. The zero-order chi connectivity index (χ0) is 16.0. The molecule has 0 saturated heterocycles. The molecule has 4 rings (SSSR count). The summed E-state index contributed by atoms with van der Waals surface area (Å²) in [5, 5.41) is 14.3. The SMILES string of the molecule is O=[N+]([O-])c1cccc([C@@H]2Nc3c(F)cccc3[C@H]3C=CC[C@H]32)c1. The van der Waals surface area contributed by atoms with Gasteiger partial charge in [0, 0.05) is 18.1 Å². The van der Waals surface area contributed by atoms with Crippen molar-refractivity contribution in [3.63, 3.8) is 0 Å². The lowest BCUT2D eigenvalue weighted by Crippen LogP contribution is -2.29. The molecule has 1 aliphatic heterocycles. The van der Waals surface area contributed by atoms with Crippen LogP contribution in [0.1, 0.15) is 29.5 Å². The number of para-hydroxylation sites is 1. The summed E-state index contributed by atoms with van der Waals surface area (Å²) in [6, 6.07) is 11.6. The standard InChI is InChI=1S/C18H15FN2O2/c19-16-9-3-8-15-13-6-2-7-14(13)17(20-18(15)16)11-4-1-5-12(10-11)21(22)23/h1-6,8-10,13-14,17,20H,7H2/t13-,14+,17-/m0/s1. The maximum atomic E-state index is 14.2. The van der Waals surface area contributed by atoms with Gasteiger partial charge in [-0.25, -0.2) is 4.39 Å². The molecule has 1 aliphatic carbocycles. The Labute approximate surface area is 132 Å². The Hall–Kier alpha value is -2.69. The molecule has 5 heteroatoms. The van der Waals surface area contributed by atoms with Gasteiger partial charge in [-0.05, 0) is 29.5 Å². The number of non-ortho nitro benzene ring substituents is 1. The van der Waals surface area contributed by atoms with Crippen LogP contribution in [-0.2, 0) is 0 Å². The third-order valence-corrected chi connectivity index (χ3v) is 4.79. The first kappa shape index (κ1) is 13.9. The molecule has 1 heterocycles. The molecule has 2 aromatic rings. The zero-order valence-electron chi connectivity index (χ0n) is 12.3. The first-order valence-corrected chi connectivity index (χ1v) is 7.61. The number of nitrogens with zero attached hydrogens (tertiary/aromatic N) is 1. The Balaban J connectivity index is 1.80. The van der Waals surface area contributed by atoms with Crippen LogP contribution in [0, 0.1) is 21.8 Å². The summed E-state index contributed by atoms with van der Waals surface area (Å²) in [7, 11) is 0. The largest absolute Gasteiger partial charge is 0.375 e. The van der Waals surface area contributed by atoms with Crippen LogP contribution in [0.3, 0.4) is 0 Å². The van der Waals surface area contributed by atoms with Crippen molar-refractivity contribution >= 4 is 11.4 Å². The third kappa shape index (κ3) is 2.20. The third-order valence-electron chi connectivity index (χ3n) is 4.79. The van der Waals surface area contributed by atoms with Crippen molar-refractivity contribution < 1.29 is 9.31 Å². The average Bonchev–Trinajstić information content (AvgIpc) is 3.04. The predicted molar refractivity (Wildman–Crippen MR) is 85.8 cm³/mol. The summed E-state index contributed by atoms with van der Waals surface area (Å²) in [5.74, 6) is 0.106. The van der Waals surface area contributed by atoms with Crippen molar-refractivity contribution in [2.45, 2.75) is 18.4 Å². The molecule has 2 aromatic carbocycles. The van der Waals surface area contributed by atoms with E-state index >= 15 is 0 Å². The lowest BCUT2D eigenvalue weighted by Gasteiger charge is -2.37. The Morgan fingerprint density at radius 2 is 2.04 bits per heavy atom. The quantitative estimate of drug-likeness (QED) is 0.502. The number of hydrogen-bond donors (Lipinski definition) is 1. The fourth-order valence-corrected chi connectivity index (χ4v) is 3.75. The summed E-state index contributed by atoms with van der Waals surface area (Å²) >= 11 is 0. The Bertz CT molecular complexity index is 818. The maximum Gasteiger partial charge on any atom is 0.269 e. The van der Waals surface area contributed by atoms with E-state index < -0.39 is 4.92 Å². The maximum absolute atomic E-state index is 14.2. The summed E-state index contributed by atoms with van der Waals surface area (Å²) in [6.45, 7) is 0. The molecule has 0 bridgehead atoms. The van der Waals surface area contributed by atoms with Crippen LogP contribution in [0.25, 0.3) is 0 Å². The Kier molecular flexibility index (Phi) is 3.15. The highest BCUT2D eigenvalue weighted by molar-refractivity contribution is 5.60. The van der Waals surface area contributed by atoms with E-state index in [-0.39, 0.29) is 29.4 Å². The van der Waals surface area contributed by atoms with Gasteiger partial charge >= 0.3 is 0 Å². The fraction of sp³-hybridized carbons (Fsp3) is 0.222. The molecule has 116 valence electrons. The van der Waals surface area contributed by atoms with Gasteiger partial charge in [0.2, 0.25) is 0 Å². The van der Waals surface area contributed by atoms with E-state index in [1.54, 1.807) is 18.2 Å². The second-order valence-electron chi connectivity index (χ2n) is 6.03. The minimum atomic E-state index is -0.398. The normalized spacial score (nSPS) is 24.7. The van der Waals surface area contributed by atoms with Gasteiger partial charge in [0.25, 0.3) is 5.69 Å². The summed E-state index contributed by atoms with van der Waals surface area (Å²) in [4.78, 5) is 10.6. The number of anilines is 1. The van der Waals surface area contributed by atoms with Gasteiger partial charge < -0.3 is 5.32 Å². The lowest BCUT2D eigenvalue weighted by atomic mass is 9.77. The highest BCUT2D eigenvalue weighted by atomic mass is 19.1. The first-order chi connectivity index (χ1) is 11.1. The molecule has 3 atom stereocenters. The van der Waals surface area contributed by atoms with Crippen LogP contribution in [0.15, 0.2) is 54.6 Å². The van der Waals surface area contributed by atoms with E-state index in [4.69, 9.17) is 0 Å². The summed E-state index contributed by atoms with van der Waals surface area (Å²) in [5.41, 5.74) is 2.36. The number of hydrogen-bond acceptors (Lipinski definition) is 3. The molecule has 1 N–H and O–H groups in total. The second kappa shape index (κ2) is 5.19. The molecule has 2 aliphatic rings. The molecule has 23 heavy (non-hydrogen) atoms. The molecular formula is C18H15FN2O2. The molecule has 0 spiro atoms. The van der Waals surface area contributed by atoms with E-state index in [2.05, 4.69) is 17.5 Å². The van der Waals surface area contributed by atoms with Gasteiger partial charge in [-0.2, -0.15) is 0 Å². The van der Waals surface area contributed by atoms with E-state index in [1.165, 1.54) is 12.1 Å². The van der Waals surface area contributed by atoms with Crippen molar-refractivity contribution in [2.75, 3.05) is 5.32 Å². The lowest BCUT2D eigenvalue weighted by molar-refractivity contribution is -0.384. The van der Waals surface area contributed by atoms with E-state index in [0.717, 1.165) is 17.5 Å². The van der Waals surface area contributed by atoms with Gasteiger partial charge in [-0.15, -0.1) is 0 Å². The topological polar surface area (TPSA) is 55.2 Å². The molecule has 0 aromatic heterocycles. The number of nitrogens with one attached hydrogen (secondary N) is 1. The van der Waals surface area contributed by atoms with E-state index in [0.29, 0.717) is 5.69 Å². The van der Waals surface area contributed by atoms with Crippen molar-refractivity contribution in [3.05, 3.63) is 81.7 Å². The fourth-order valence-electron chi connectivity index (χ4n) is 3.75. The first-order valence-electron chi connectivity index (χ1n) is 7.61. The minimum Gasteiger partial charge on any atom is -0.375 e. The molecule has 0 amide bonds. The molecule has 0 radical (unpaired) electrons. The number of nitro groups is 1. The van der Waals surface area contributed by atoms with Crippen LogP contribution in [-0.4, -0.2) is 4.92 Å². The van der Waals surface area contributed by atoms with Crippen LogP contribution >= 0.6 is 0 Å². The summed E-state index contributed by atoms with van der Waals surface area (Å²) < 4.78 is 14.2. The highest BCUT2D eigenvalue weighted by Gasteiger charge is 2.39. The van der Waals surface area contributed by atoms with Crippen molar-refractivity contribution in [1.29, 1.82) is 0 Å². The second-order valence-corrected chi connectivity index (χ2v) is 6.03. The van der Waals surface area contributed by atoms with Crippen LogP contribution in [0.2, 0.25) is 0 Å². The van der Waals surface area contributed by atoms with Crippen LogP contribution in [0.5, 0.6) is 0 Å². The van der Waals surface area contributed by atoms with Gasteiger partial charge in [0.1, 0.15) is 5.82 Å². The van der Waals surface area contributed by atoms with Gasteiger partial charge in [0.15, 0.2) is 0 Å². The van der Waals surface area contributed by atoms with E-state index in [1.807, 2.05) is 12.1 Å². The molecular weight excluding hydrogens is 295 g/mol. The van der Waals surface area contributed by atoms with E-state index in [9.17, 15) is 14.5 Å². The molecule has 4 nitrogen and oxygen atoms in total. The number of fused-ring (bicyclic) bond motifs is 3. The summed E-state index contributed by atoms with van der Waals surface area (Å²) in [6.07, 6.45) is 5.11. The molecule has 0 saturated carbocycles. The minimum absolute atomic E-state index is 0.0612. The van der Waals surface area contributed by atoms with Crippen molar-refractivity contribution in [3.8, 4) is 0 Å². The number of benzene rings is 2. The highest BCUT2D eigenvalue weighted by Crippen LogP contribution is 2.50. The smallest absolute Gasteiger partial charge is 0.269 e. The van der Waals surface area contributed by atoms with Crippen LogP contribution in [0.4, 0.5) is 15.8 Å². The molecule has 0 unspecified atom stereocenters. The van der Waals surface area contributed by atoms with Crippen LogP contribution < -0.4 is 5.32 Å². The Morgan fingerprint density at radius 1 is 1.22 bits per heavy atom. The van der Waals surface area contributed by atoms with Gasteiger partial charge in [-0.1, -0.05) is 36.4 Å². The van der Waals surface area contributed by atoms with Crippen molar-refractivity contribution in [2.24, 2.45) is 5.92 Å². The zero-order valence-corrected chi connectivity index (χ0v) is 12.3. The van der Waals surface area contributed by atoms with Crippen molar-refractivity contribution in [1.82, 2.24) is 0 Å².